The summed E-state index contributed by atoms with van der Waals surface area (Å²) in [5, 5.41) is 0. The van der Waals surface area contributed by atoms with Crippen molar-refractivity contribution in [2.24, 2.45) is 0 Å². The van der Waals surface area contributed by atoms with Gasteiger partial charge >= 0.3 is 6.18 Å². The van der Waals surface area contributed by atoms with Gasteiger partial charge in [0.05, 0.1) is 24.7 Å². The Morgan fingerprint density at radius 2 is 1.50 bits per heavy atom. The van der Waals surface area contributed by atoms with E-state index in [2.05, 4.69) is 0 Å². The molecule has 1 aliphatic rings. The standard InChI is InChI=1S/C20H23F3N2O4S/c1-28-18-8-7-17(13-19(18)29-2)30(26,27)25-11-9-24(10-12-25)14-15-3-5-16(6-4-15)20(21,22)23/h3-8,13H,9-12,14H2,1-2H3. The number of hydrogen-bond acceptors (Lipinski definition) is 5. The van der Waals surface area contributed by atoms with Gasteiger partial charge in [-0.05, 0) is 29.8 Å². The molecular formula is C20H23F3N2O4S. The molecule has 0 N–H and O–H groups in total. The molecule has 0 radical (unpaired) electrons. The van der Waals surface area contributed by atoms with Crippen molar-refractivity contribution in [3.63, 3.8) is 0 Å². The highest BCUT2D eigenvalue weighted by Gasteiger charge is 2.31. The van der Waals surface area contributed by atoms with Crippen molar-refractivity contribution in [1.82, 2.24) is 9.21 Å². The van der Waals surface area contributed by atoms with E-state index in [0.717, 1.165) is 17.7 Å². The Balaban J connectivity index is 1.63. The monoisotopic (exact) mass is 444 g/mol. The quantitative estimate of drug-likeness (QED) is 0.685. The van der Waals surface area contributed by atoms with Gasteiger partial charge in [-0.1, -0.05) is 12.1 Å². The molecule has 6 nitrogen and oxygen atoms in total. The van der Waals surface area contributed by atoms with E-state index in [1.807, 2.05) is 4.90 Å². The number of halogens is 3. The van der Waals surface area contributed by atoms with Crippen molar-refractivity contribution in [3.8, 4) is 11.5 Å². The second-order valence-electron chi connectivity index (χ2n) is 6.89. The number of rotatable bonds is 6. The number of alkyl halides is 3. The maximum absolute atomic E-state index is 13.0. The molecule has 1 fully saturated rings. The summed E-state index contributed by atoms with van der Waals surface area (Å²) in [4.78, 5) is 2.14. The minimum atomic E-state index is -4.36. The molecule has 10 heteroatoms. The zero-order chi connectivity index (χ0) is 21.9. The lowest BCUT2D eigenvalue weighted by molar-refractivity contribution is -0.137. The molecule has 0 saturated carbocycles. The fourth-order valence-electron chi connectivity index (χ4n) is 3.31. The van der Waals surface area contributed by atoms with Crippen LogP contribution in [0.1, 0.15) is 11.1 Å². The highest BCUT2D eigenvalue weighted by atomic mass is 32.2. The van der Waals surface area contributed by atoms with E-state index in [-0.39, 0.29) is 18.0 Å². The minimum absolute atomic E-state index is 0.122. The summed E-state index contributed by atoms with van der Waals surface area (Å²) in [5.74, 6) is 0.775. The first-order chi connectivity index (χ1) is 14.1. The Morgan fingerprint density at radius 3 is 2.03 bits per heavy atom. The highest BCUT2D eigenvalue weighted by molar-refractivity contribution is 7.89. The van der Waals surface area contributed by atoms with Crippen LogP contribution in [0, 0.1) is 0 Å². The average Bonchev–Trinajstić information content (AvgIpc) is 2.73. The van der Waals surface area contributed by atoms with Crippen LogP contribution in [0.25, 0.3) is 0 Å². The number of methoxy groups -OCH3 is 2. The van der Waals surface area contributed by atoms with Gasteiger partial charge in [-0.2, -0.15) is 17.5 Å². The number of nitrogens with zero attached hydrogens (tertiary/aromatic N) is 2. The number of ether oxygens (including phenoxy) is 2. The molecular weight excluding hydrogens is 421 g/mol. The molecule has 0 aliphatic carbocycles. The van der Waals surface area contributed by atoms with Crippen molar-refractivity contribution in [2.45, 2.75) is 17.6 Å². The molecule has 1 saturated heterocycles. The van der Waals surface area contributed by atoms with Crippen LogP contribution >= 0.6 is 0 Å². The molecule has 30 heavy (non-hydrogen) atoms. The smallest absolute Gasteiger partial charge is 0.416 e. The first-order valence-electron chi connectivity index (χ1n) is 9.26. The van der Waals surface area contributed by atoms with Crippen LogP contribution < -0.4 is 9.47 Å². The van der Waals surface area contributed by atoms with Crippen LogP contribution in [0.2, 0.25) is 0 Å². The molecule has 0 amide bonds. The fourth-order valence-corrected chi connectivity index (χ4v) is 4.75. The molecule has 3 rings (SSSR count). The van der Waals surface area contributed by atoms with Gasteiger partial charge in [0.2, 0.25) is 10.0 Å². The third-order valence-corrected chi connectivity index (χ3v) is 6.91. The molecule has 0 spiro atoms. The van der Waals surface area contributed by atoms with E-state index in [0.29, 0.717) is 31.1 Å². The SMILES string of the molecule is COc1ccc(S(=O)(=O)N2CCN(Cc3ccc(C(F)(F)F)cc3)CC2)cc1OC. The topological polar surface area (TPSA) is 59.1 Å². The molecule has 164 valence electrons. The Morgan fingerprint density at radius 1 is 0.900 bits per heavy atom. The van der Waals surface area contributed by atoms with Crippen LogP contribution in [0.5, 0.6) is 11.5 Å². The average molecular weight is 444 g/mol. The number of sulfonamides is 1. The number of benzene rings is 2. The summed E-state index contributed by atoms with van der Waals surface area (Å²) in [6.07, 6.45) is -4.36. The third kappa shape index (κ3) is 4.88. The summed E-state index contributed by atoms with van der Waals surface area (Å²) < 4.78 is 75.7. The summed E-state index contributed by atoms with van der Waals surface area (Å²) in [5.41, 5.74) is 0.0660. The van der Waals surface area contributed by atoms with Gasteiger partial charge in [0.25, 0.3) is 0 Å². The molecule has 1 aliphatic heterocycles. The van der Waals surface area contributed by atoms with Crippen molar-refractivity contribution in [3.05, 3.63) is 53.6 Å². The normalized spacial score (nSPS) is 16.4. The van der Waals surface area contributed by atoms with E-state index in [9.17, 15) is 21.6 Å². The molecule has 2 aromatic rings. The number of piperazine rings is 1. The predicted octanol–water partition coefficient (Wildman–Crippen LogP) is 3.23. The first kappa shape index (κ1) is 22.4. The van der Waals surface area contributed by atoms with E-state index in [4.69, 9.17) is 9.47 Å². The molecule has 0 bridgehead atoms. The highest BCUT2D eigenvalue weighted by Crippen LogP contribution is 2.31. The largest absolute Gasteiger partial charge is 0.493 e. The zero-order valence-electron chi connectivity index (χ0n) is 16.6. The summed E-state index contributed by atoms with van der Waals surface area (Å²) in [6.45, 7) is 2.00. The third-order valence-electron chi connectivity index (χ3n) is 5.01. The molecule has 0 unspecified atom stereocenters. The number of hydrogen-bond donors (Lipinski definition) is 0. The summed E-state index contributed by atoms with van der Waals surface area (Å²) in [7, 11) is -0.779. The molecule has 0 aromatic heterocycles. The van der Waals surface area contributed by atoms with Gasteiger partial charge in [-0.15, -0.1) is 0 Å². The van der Waals surface area contributed by atoms with E-state index >= 15 is 0 Å². The lowest BCUT2D eigenvalue weighted by atomic mass is 10.1. The Kier molecular flexibility index (Phi) is 6.59. The fraction of sp³-hybridized carbons (Fsp3) is 0.400. The van der Waals surface area contributed by atoms with Gasteiger partial charge in [0.1, 0.15) is 0 Å². The van der Waals surface area contributed by atoms with E-state index in [1.54, 1.807) is 6.07 Å². The van der Waals surface area contributed by atoms with E-state index in [1.165, 1.54) is 42.8 Å². The second kappa shape index (κ2) is 8.83. The van der Waals surface area contributed by atoms with Gasteiger partial charge in [-0.25, -0.2) is 8.42 Å². The molecule has 1 heterocycles. The van der Waals surface area contributed by atoms with Crippen LogP contribution in [0.15, 0.2) is 47.4 Å². The maximum Gasteiger partial charge on any atom is 0.416 e. The maximum atomic E-state index is 13.0. The Bertz CT molecular complexity index is 971. The lowest BCUT2D eigenvalue weighted by Gasteiger charge is -2.34. The lowest BCUT2D eigenvalue weighted by Crippen LogP contribution is -2.48. The second-order valence-corrected chi connectivity index (χ2v) is 8.83. The van der Waals surface area contributed by atoms with Crippen LogP contribution in [-0.4, -0.2) is 58.0 Å². The molecule has 0 atom stereocenters. The Hall–Kier alpha value is -2.30. The van der Waals surface area contributed by atoms with Gasteiger partial charge in [-0.3, -0.25) is 4.90 Å². The van der Waals surface area contributed by atoms with Crippen molar-refractivity contribution in [1.29, 1.82) is 0 Å². The van der Waals surface area contributed by atoms with Crippen LogP contribution in [0.3, 0.4) is 0 Å². The van der Waals surface area contributed by atoms with Crippen LogP contribution in [-0.2, 0) is 22.7 Å². The minimum Gasteiger partial charge on any atom is -0.493 e. The summed E-state index contributed by atoms with van der Waals surface area (Å²) >= 11 is 0. The van der Waals surface area contributed by atoms with Gasteiger partial charge < -0.3 is 9.47 Å². The van der Waals surface area contributed by atoms with Crippen molar-refractivity contribution < 1.29 is 31.1 Å². The van der Waals surface area contributed by atoms with Crippen molar-refractivity contribution in [2.75, 3.05) is 40.4 Å². The first-order valence-corrected chi connectivity index (χ1v) is 10.7. The van der Waals surface area contributed by atoms with Crippen LogP contribution in [0.4, 0.5) is 13.2 Å². The van der Waals surface area contributed by atoms with E-state index < -0.39 is 21.8 Å². The zero-order valence-corrected chi connectivity index (χ0v) is 17.5. The van der Waals surface area contributed by atoms with Crippen molar-refractivity contribution >= 4 is 10.0 Å². The van der Waals surface area contributed by atoms with Gasteiger partial charge in [0, 0.05) is 38.8 Å². The Labute approximate surface area is 173 Å². The predicted molar refractivity (Wildman–Crippen MR) is 105 cm³/mol. The van der Waals surface area contributed by atoms with Gasteiger partial charge in [0.15, 0.2) is 11.5 Å². The summed E-state index contributed by atoms with van der Waals surface area (Å²) in [6, 6.07) is 9.49. The molecule has 2 aromatic carbocycles.